The van der Waals surface area contributed by atoms with Gasteiger partial charge in [0.1, 0.15) is 11.2 Å². The molecule has 0 bridgehead atoms. The molecule has 0 aliphatic carbocycles. The molecule has 5 heteroatoms. The lowest BCUT2D eigenvalue weighted by atomic mass is 10.1. The minimum atomic E-state index is -0.668. The molecule has 0 saturated heterocycles. The Hall–Kier alpha value is -1.60. The standard InChI is InChI=1S/C12H12ClFN2O/c1-7(13)12(17)16-8(2)10-4-3-9(6-15)5-11(10)14/h3-5,7-8H,1-2H3,(H,16,17). The zero-order valence-electron chi connectivity index (χ0n) is 9.50. The van der Waals surface area contributed by atoms with Gasteiger partial charge in [-0.2, -0.15) is 5.26 Å². The summed E-state index contributed by atoms with van der Waals surface area (Å²) in [6.07, 6.45) is 0. The molecule has 1 N–H and O–H groups in total. The Labute approximate surface area is 104 Å². The number of nitrogens with one attached hydrogen (secondary N) is 1. The highest BCUT2D eigenvalue weighted by molar-refractivity contribution is 6.30. The fourth-order valence-corrected chi connectivity index (χ4v) is 1.42. The number of amides is 1. The number of hydrogen-bond acceptors (Lipinski definition) is 2. The lowest BCUT2D eigenvalue weighted by Gasteiger charge is -2.16. The zero-order chi connectivity index (χ0) is 13.0. The summed E-state index contributed by atoms with van der Waals surface area (Å²) in [7, 11) is 0. The van der Waals surface area contributed by atoms with Gasteiger partial charge in [0.25, 0.3) is 0 Å². The van der Waals surface area contributed by atoms with Crippen LogP contribution >= 0.6 is 11.6 Å². The third-order valence-corrected chi connectivity index (χ3v) is 2.51. The molecule has 1 rings (SSSR count). The van der Waals surface area contributed by atoms with Crippen molar-refractivity contribution in [2.75, 3.05) is 0 Å². The molecule has 90 valence electrons. The highest BCUT2D eigenvalue weighted by Crippen LogP contribution is 2.18. The Kier molecular flexibility index (Phi) is 4.47. The van der Waals surface area contributed by atoms with E-state index in [-0.39, 0.29) is 11.5 Å². The maximum absolute atomic E-state index is 13.6. The van der Waals surface area contributed by atoms with Crippen LogP contribution in [0.25, 0.3) is 0 Å². The predicted octanol–water partition coefficient (Wildman–Crippen LogP) is 2.50. The fraction of sp³-hybridized carbons (Fsp3) is 0.333. The Bertz CT molecular complexity index is 468. The van der Waals surface area contributed by atoms with Crippen LogP contribution in [0, 0.1) is 17.1 Å². The Morgan fingerprint density at radius 1 is 1.53 bits per heavy atom. The third kappa shape index (κ3) is 3.43. The second kappa shape index (κ2) is 5.65. The average Bonchev–Trinajstić information content (AvgIpc) is 2.28. The molecule has 0 radical (unpaired) electrons. The van der Waals surface area contributed by atoms with Crippen LogP contribution in [0.2, 0.25) is 0 Å². The van der Waals surface area contributed by atoms with Gasteiger partial charge in [0.2, 0.25) is 5.91 Å². The first-order chi connectivity index (χ1) is 7.95. The zero-order valence-corrected chi connectivity index (χ0v) is 10.3. The molecule has 3 nitrogen and oxygen atoms in total. The lowest BCUT2D eigenvalue weighted by molar-refractivity contribution is -0.121. The summed E-state index contributed by atoms with van der Waals surface area (Å²) in [4.78, 5) is 11.3. The number of nitriles is 1. The SMILES string of the molecule is CC(Cl)C(=O)NC(C)c1ccc(C#N)cc1F. The minimum absolute atomic E-state index is 0.246. The fourth-order valence-electron chi connectivity index (χ4n) is 1.35. The second-order valence-corrected chi connectivity index (χ2v) is 4.35. The van der Waals surface area contributed by atoms with Crippen molar-refractivity contribution in [1.29, 1.82) is 5.26 Å². The van der Waals surface area contributed by atoms with Crippen LogP contribution in [0.3, 0.4) is 0 Å². The summed E-state index contributed by atoms with van der Waals surface area (Å²) in [5.41, 5.74) is 0.574. The van der Waals surface area contributed by atoms with Gasteiger partial charge < -0.3 is 5.32 Å². The number of carbonyl (C=O) groups is 1. The Morgan fingerprint density at radius 3 is 2.65 bits per heavy atom. The minimum Gasteiger partial charge on any atom is -0.348 e. The Morgan fingerprint density at radius 2 is 2.18 bits per heavy atom. The van der Waals surface area contributed by atoms with E-state index in [1.54, 1.807) is 13.8 Å². The first kappa shape index (κ1) is 13.5. The normalized spacial score (nSPS) is 13.6. The second-order valence-electron chi connectivity index (χ2n) is 3.69. The Balaban J connectivity index is 2.87. The topological polar surface area (TPSA) is 52.9 Å². The molecule has 0 fully saturated rings. The molecule has 1 aromatic rings. The molecule has 0 aliphatic heterocycles. The van der Waals surface area contributed by atoms with Gasteiger partial charge in [-0.1, -0.05) is 6.07 Å². The number of rotatable bonds is 3. The van der Waals surface area contributed by atoms with Crippen LogP contribution in [0.4, 0.5) is 4.39 Å². The van der Waals surface area contributed by atoms with Crippen molar-refractivity contribution in [1.82, 2.24) is 5.32 Å². The molecule has 0 aliphatic rings. The van der Waals surface area contributed by atoms with Crippen LogP contribution in [-0.2, 0) is 4.79 Å². The van der Waals surface area contributed by atoms with Crippen LogP contribution < -0.4 is 5.32 Å². The van der Waals surface area contributed by atoms with Gasteiger partial charge in [-0.15, -0.1) is 11.6 Å². The molecule has 1 aromatic carbocycles. The van der Waals surface area contributed by atoms with Crippen molar-refractivity contribution in [2.45, 2.75) is 25.3 Å². The molecule has 2 unspecified atom stereocenters. The molecular weight excluding hydrogens is 243 g/mol. The van der Waals surface area contributed by atoms with E-state index in [1.807, 2.05) is 6.07 Å². The van der Waals surface area contributed by atoms with E-state index in [4.69, 9.17) is 16.9 Å². The first-order valence-electron chi connectivity index (χ1n) is 5.09. The monoisotopic (exact) mass is 254 g/mol. The van der Waals surface area contributed by atoms with E-state index >= 15 is 0 Å². The van der Waals surface area contributed by atoms with Crippen LogP contribution in [0.5, 0.6) is 0 Å². The van der Waals surface area contributed by atoms with E-state index < -0.39 is 17.2 Å². The summed E-state index contributed by atoms with van der Waals surface area (Å²) in [5.74, 6) is -0.873. The van der Waals surface area contributed by atoms with Gasteiger partial charge >= 0.3 is 0 Å². The van der Waals surface area contributed by atoms with E-state index in [0.717, 1.165) is 6.07 Å². The van der Waals surface area contributed by atoms with Crippen molar-refractivity contribution < 1.29 is 9.18 Å². The van der Waals surface area contributed by atoms with Gasteiger partial charge in [-0.25, -0.2) is 4.39 Å². The van der Waals surface area contributed by atoms with Crippen molar-refractivity contribution in [3.63, 3.8) is 0 Å². The van der Waals surface area contributed by atoms with Gasteiger partial charge in [-0.3, -0.25) is 4.79 Å². The third-order valence-electron chi connectivity index (χ3n) is 2.32. The number of alkyl halides is 1. The molecule has 0 saturated carbocycles. The highest BCUT2D eigenvalue weighted by atomic mass is 35.5. The molecule has 1 amide bonds. The number of carbonyl (C=O) groups excluding carboxylic acids is 1. The first-order valence-corrected chi connectivity index (χ1v) is 5.53. The molecule has 0 aromatic heterocycles. The number of nitrogens with zero attached hydrogens (tertiary/aromatic N) is 1. The predicted molar refractivity (Wildman–Crippen MR) is 63.0 cm³/mol. The molecular formula is C12H12ClFN2O. The van der Waals surface area contributed by atoms with Gasteiger partial charge in [0.05, 0.1) is 17.7 Å². The van der Waals surface area contributed by atoms with Crippen molar-refractivity contribution in [2.24, 2.45) is 0 Å². The van der Waals surface area contributed by atoms with E-state index in [9.17, 15) is 9.18 Å². The van der Waals surface area contributed by atoms with Gasteiger partial charge in [0, 0.05) is 5.56 Å². The number of benzene rings is 1. The number of hydrogen-bond donors (Lipinski definition) is 1. The summed E-state index contributed by atoms with van der Waals surface area (Å²) >= 11 is 5.60. The van der Waals surface area contributed by atoms with Gasteiger partial charge in [-0.05, 0) is 26.0 Å². The quantitative estimate of drug-likeness (QED) is 0.843. The van der Waals surface area contributed by atoms with E-state index in [2.05, 4.69) is 5.32 Å². The lowest BCUT2D eigenvalue weighted by Crippen LogP contribution is -2.32. The van der Waals surface area contributed by atoms with Crippen molar-refractivity contribution >= 4 is 17.5 Å². The molecule has 0 spiro atoms. The summed E-state index contributed by atoms with van der Waals surface area (Å²) in [6, 6.07) is 5.49. The van der Waals surface area contributed by atoms with Crippen molar-refractivity contribution in [3.05, 3.63) is 35.1 Å². The summed E-state index contributed by atoms with van der Waals surface area (Å²) < 4.78 is 13.6. The van der Waals surface area contributed by atoms with Crippen LogP contribution in [0.15, 0.2) is 18.2 Å². The van der Waals surface area contributed by atoms with Crippen molar-refractivity contribution in [3.8, 4) is 6.07 Å². The number of halogens is 2. The van der Waals surface area contributed by atoms with Crippen LogP contribution in [0.1, 0.15) is 31.0 Å². The van der Waals surface area contributed by atoms with E-state index in [0.29, 0.717) is 5.56 Å². The largest absolute Gasteiger partial charge is 0.348 e. The molecule has 17 heavy (non-hydrogen) atoms. The highest BCUT2D eigenvalue weighted by Gasteiger charge is 2.16. The van der Waals surface area contributed by atoms with Crippen LogP contribution in [-0.4, -0.2) is 11.3 Å². The summed E-state index contributed by atoms with van der Waals surface area (Å²) in [6.45, 7) is 3.19. The maximum atomic E-state index is 13.6. The van der Waals surface area contributed by atoms with Gasteiger partial charge in [0.15, 0.2) is 0 Å². The molecule has 0 heterocycles. The maximum Gasteiger partial charge on any atom is 0.238 e. The average molecular weight is 255 g/mol. The summed E-state index contributed by atoms with van der Waals surface area (Å²) in [5, 5.41) is 10.5. The smallest absolute Gasteiger partial charge is 0.238 e. The molecule has 2 atom stereocenters. The van der Waals surface area contributed by atoms with E-state index in [1.165, 1.54) is 12.1 Å².